The van der Waals surface area contributed by atoms with E-state index in [-0.39, 0.29) is 45.8 Å². The molecule has 0 radical (unpaired) electrons. The summed E-state index contributed by atoms with van der Waals surface area (Å²) in [7, 11) is 1.26. The largest absolute Gasteiger partial charge is 0.469 e. The fourth-order valence-electron chi connectivity index (χ4n) is 9.32. The lowest BCUT2D eigenvalue weighted by atomic mass is 9.79. The van der Waals surface area contributed by atoms with Gasteiger partial charge < -0.3 is 35.2 Å². The SMILES string of the molecule is CC1(C)CC(N(C=O)CCCCCCN(C=O)C2CC(C)(C)NC(C)(C)C2)CC(C)(C)N1.COC(=O)CC(=O)OC1CC(C)(C)NC(C)(C)C1. The van der Waals surface area contributed by atoms with Crippen LogP contribution in [0.25, 0.3) is 0 Å². The van der Waals surface area contributed by atoms with Crippen LogP contribution < -0.4 is 16.0 Å². The predicted molar refractivity (Wildman–Crippen MR) is 200 cm³/mol. The van der Waals surface area contributed by atoms with Crippen molar-refractivity contribution in [2.75, 3.05) is 20.2 Å². The first-order valence-corrected chi connectivity index (χ1v) is 18.9. The lowest BCUT2D eigenvalue weighted by molar-refractivity contribution is -0.159. The molecule has 0 aliphatic carbocycles. The smallest absolute Gasteiger partial charge is 0.317 e. The molecule has 0 aromatic rings. The van der Waals surface area contributed by atoms with Crippen LogP contribution in [-0.4, -0.2) is 106 Å². The Morgan fingerprint density at radius 1 is 0.560 bits per heavy atom. The molecule has 0 bridgehead atoms. The fourth-order valence-corrected chi connectivity index (χ4v) is 9.32. The maximum atomic E-state index is 11.8. The first kappa shape index (κ1) is 43.9. The standard InChI is InChI=1S/C26H50N4O2.C13H23NO4/c1-23(2)15-21(16-24(3,4)27-23)29(19-31)13-11-9-10-12-14-30(20-32)22-17-25(5,6)28-26(7,8)18-22;1-12(2)7-9(8-13(3,4)14-12)18-11(16)6-10(15)17-5/h19-22,27-28H,9-18H2,1-8H3;9,14H,6-8H2,1-5H3. The summed E-state index contributed by atoms with van der Waals surface area (Å²) in [6, 6.07) is 0.604. The third-order valence-electron chi connectivity index (χ3n) is 10.1. The Balaban J connectivity index is 0.000000407. The van der Waals surface area contributed by atoms with E-state index >= 15 is 0 Å². The van der Waals surface area contributed by atoms with E-state index in [1.165, 1.54) is 7.11 Å². The Kier molecular flexibility index (Phi) is 15.4. The second-order valence-corrected chi connectivity index (χ2v) is 19.2. The lowest BCUT2D eigenvalue weighted by Gasteiger charge is -2.49. The highest BCUT2D eigenvalue weighted by molar-refractivity contribution is 5.91. The van der Waals surface area contributed by atoms with Crippen molar-refractivity contribution < 1.29 is 28.7 Å². The summed E-state index contributed by atoms with van der Waals surface area (Å²) >= 11 is 0. The maximum absolute atomic E-state index is 11.8. The quantitative estimate of drug-likeness (QED) is 0.0930. The summed E-state index contributed by atoms with van der Waals surface area (Å²) in [5.74, 6) is -1.08. The van der Waals surface area contributed by atoms with Crippen LogP contribution in [0.5, 0.6) is 0 Å². The van der Waals surface area contributed by atoms with E-state index < -0.39 is 11.9 Å². The molecule has 11 heteroatoms. The number of carbonyl (C=O) groups excluding carboxylic acids is 4. The summed E-state index contributed by atoms with van der Waals surface area (Å²) in [5, 5.41) is 10.9. The van der Waals surface area contributed by atoms with Crippen LogP contribution in [0.4, 0.5) is 0 Å². The van der Waals surface area contributed by atoms with Gasteiger partial charge in [-0.1, -0.05) is 12.8 Å². The van der Waals surface area contributed by atoms with Gasteiger partial charge in [0.25, 0.3) is 0 Å². The molecule has 0 spiro atoms. The summed E-state index contributed by atoms with van der Waals surface area (Å²) in [6.45, 7) is 27.8. The molecule has 11 nitrogen and oxygen atoms in total. The minimum absolute atomic E-state index is 0.0454. The van der Waals surface area contributed by atoms with Crippen LogP contribution in [0.15, 0.2) is 0 Å². The molecule has 290 valence electrons. The van der Waals surface area contributed by atoms with Crippen LogP contribution in [0.2, 0.25) is 0 Å². The number of unbranched alkanes of at least 4 members (excludes halogenated alkanes) is 3. The second-order valence-electron chi connectivity index (χ2n) is 19.2. The molecule has 3 rings (SSSR count). The average molecular weight is 708 g/mol. The van der Waals surface area contributed by atoms with Crippen molar-refractivity contribution >= 4 is 24.8 Å². The van der Waals surface area contributed by atoms with E-state index in [9.17, 15) is 19.2 Å². The number of methoxy groups -OCH3 is 1. The summed E-state index contributed by atoms with van der Waals surface area (Å²) in [6.07, 6.45) is 11.3. The highest BCUT2D eigenvalue weighted by atomic mass is 16.6. The van der Waals surface area contributed by atoms with Crippen molar-refractivity contribution in [2.24, 2.45) is 0 Å². The minimum atomic E-state index is -0.563. The number of amides is 2. The van der Waals surface area contributed by atoms with Gasteiger partial charge in [0, 0.05) is 71.2 Å². The van der Waals surface area contributed by atoms with Gasteiger partial charge in [-0.05, 0) is 122 Å². The molecule has 3 saturated heterocycles. The first-order chi connectivity index (χ1) is 22.8. The third kappa shape index (κ3) is 15.6. The van der Waals surface area contributed by atoms with E-state index in [1.807, 2.05) is 9.80 Å². The summed E-state index contributed by atoms with van der Waals surface area (Å²) in [5.41, 5.74) is 0.0108. The van der Waals surface area contributed by atoms with Crippen molar-refractivity contribution in [3.05, 3.63) is 0 Å². The molecule has 3 aliphatic rings. The summed E-state index contributed by atoms with van der Waals surface area (Å²) in [4.78, 5) is 50.2. The van der Waals surface area contributed by atoms with Crippen LogP contribution >= 0.6 is 0 Å². The molecular weight excluding hydrogens is 634 g/mol. The molecule has 0 aromatic heterocycles. The number of ether oxygens (including phenoxy) is 2. The zero-order chi connectivity index (χ0) is 38.2. The molecule has 0 aromatic carbocycles. The fraction of sp³-hybridized carbons (Fsp3) is 0.897. The van der Waals surface area contributed by atoms with Crippen LogP contribution in [0, 0.1) is 0 Å². The first-order valence-electron chi connectivity index (χ1n) is 18.9. The van der Waals surface area contributed by atoms with E-state index in [2.05, 4.69) is 104 Å². The molecule has 3 heterocycles. The molecular formula is C39H73N5O6. The monoisotopic (exact) mass is 708 g/mol. The molecule has 50 heavy (non-hydrogen) atoms. The molecule has 3 aliphatic heterocycles. The van der Waals surface area contributed by atoms with Gasteiger partial charge in [0.1, 0.15) is 12.5 Å². The molecule has 3 fully saturated rings. The van der Waals surface area contributed by atoms with Crippen molar-refractivity contribution in [1.82, 2.24) is 25.8 Å². The van der Waals surface area contributed by atoms with E-state index in [4.69, 9.17) is 4.74 Å². The van der Waals surface area contributed by atoms with Crippen molar-refractivity contribution in [2.45, 2.75) is 205 Å². The van der Waals surface area contributed by atoms with Gasteiger partial charge in [0.15, 0.2) is 0 Å². The number of nitrogens with one attached hydrogen (secondary N) is 3. The molecule has 2 amide bonds. The van der Waals surface area contributed by atoms with Gasteiger partial charge in [-0.2, -0.15) is 0 Å². The second kappa shape index (κ2) is 17.5. The Morgan fingerprint density at radius 2 is 0.880 bits per heavy atom. The van der Waals surface area contributed by atoms with Gasteiger partial charge in [-0.25, -0.2) is 0 Å². The van der Waals surface area contributed by atoms with E-state index in [0.29, 0.717) is 12.1 Å². The molecule has 0 unspecified atom stereocenters. The third-order valence-corrected chi connectivity index (χ3v) is 10.1. The van der Waals surface area contributed by atoms with Crippen molar-refractivity contribution in [1.29, 1.82) is 0 Å². The molecule has 3 N–H and O–H groups in total. The van der Waals surface area contributed by atoms with Crippen LogP contribution in [0.3, 0.4) is 0 Å². The molecule has 0 saturated carbocycles. The Bertz CT molecular complexity index is 1030. The number of carbonyl (C=O) groups is 4. The number of piperidine rings is 3. The van der Waals surface area contributed by atoms with Crippen molar-refractivity contribution in [3.63, 3.8) is 0 Å². The van der Waals surface area contributed by atoms with Gasteiger partial charge in [-0.15, -0.1) is 0 Å². The van der Waals surface area contributed by atoms with Gasteiger partial charge in [0.05, 0.1) is 7.11 Å². The highest BCUT2D eigenvalue weighted by Crippen LogP contribution is 2.33. The normalized spacial score (nSPS) is 23.8. The van der Waals surface area contributed by atoms with Gasteiger partial charge in [0.2, 0.25) is 12.8 Å². The number of rotatable bonds is 14. The minimum Gasteiger partial charge on any atom is -0.469 e. The van der Waals surface area contributed by atoms with Gasteiger partial charge in [-0.3, -0.25) is 19.2 Å². The number of esters is 2. The zero-order valence-corrected chi connectivity index (χ0v) is 33.9. The number of hydrogen-bond acceptors (Lipinski definition) is 9. The zero-order valence-electron chi connectivity index (χ0n) is 33.9. The maximum Gasteiger partial charge on any atom is 0.317 e. The highest BCUT2D eigenvalue weighted by Gasteiger charge is 2.42. The van der Waals surface area contributed by atoms with Crippen molar-refractivity contribution in [3.8, 4) is 0 Å². The Morgan fingerprint density at radius 3 is 1.18 bits per heavy atom. The average Bonchev–Trinajstić information content (AvgIpc) is 2.89. The van der Waals surface area contributed by atoms with Crippen LogP contribution in [-0.2, 0) is 28.7 Å². The van der Waals surface area contributed by atoms with E-state index in [1.54, 1.807) is 0 Å². The lowest BCUT2D eigenvalue weighted by Crippen LogP contribution is -2.62. The Hall–Kier alpha value is -2.24. The summed E-state index contributed by atoms with van der Waals surface area (Å²) < 4.78 is 9.80. The number of hydrogen-bond donors (Lipinski definition) is 3. The van der Waals surface area contributed by atoms with E-state index in [0.717, 1.165) is 90.1 Å². The number of nitrogens with zero attached hydrogens (tertiary/aromatic N) is 2. The van der Waals surface area contributed by atoms with Gasteiger partial charge >= 0.3 is 11.9 Å². The predicted octanol–water partition coefficient (Wildman–Crippen LogP) is 5.48. The molecule has 0 atom stereocenters. The van der Waals surface area contributed by atoms with Crippen LogP contribution in [0.1, 0.15) is 154 Å². The Labute approximate surface area is 304 Å². The topological polar surface area (TPSA) is 129 Å².